The van der Waals surface area contributed by atoms with E-state index in [1.54, 1.807) is 4.90 Å². The molecule has 0 radical (unpaired) electrons. The van der Waals surface area contributed by atoms with Gasteiger partial charge in [-0.05, 0) is 37.6 Å². The number of carbonyl (C=O) groups is 1. The van der Waals surface area contributed by atoms with Gasteiger partial charge in [0.05, 0.1) is 12.6 Å². The van der Waals surface area contributed by atoms with Crippen LogP contribution in [0.5, 0.6) is 0 Å². The Morgan fingerprint density at radius 2 is 1.86 bits per heavy atom. The number of hydrogen-bond acceptors (Lipinski definition) is 4. The molecule has 146 valence electrons. The lowest BCUT2D eigenvalue weighted by molar-refractivity contribution is 0.0716. The number of hydrogen-bond donors (Lipinski definition) is 1. The number of benzene rings is 1. The summed E-state index contributed by atoms with van der Waals surface area (Å²) < 4.78 is 5.17. The quantitative estimate of drug-likeness (QED) is 0.751. The predicted molar refractivity (Wildman–Crippen MR) is 109 cm³/mol. The SMILES string of the molecule is CCOC(=O)N1CCN([C@@H](c2ccncc2)c2c(C)[nH]c3ccccc23)CC1. The normalized spacial score (nSPS) is 16.3. The minimum Gasteiger partial charge on any atom is -0.450 e. The van der Waals surface area contributed by atoms with Gasteiger partial charge in [0.1, 0.15) is 0 Å². The van der Waals surface area contributed by atoms with Crippen molar-refractivity contribution in [2.24, 2.45) is 0 Å². The van der Waals surface area contributed by atoms with Crippen LogP contribution in [0.25, 0.3) is 10.9 Å². The maximum Gasteiger partial charge on any atom is 0.409 e. The number of nitrogens with one attached hydrogen (secondary N) is 1. The fraction of sp³-hybridized carbons (Fsp3) is 0.364. The van der Waals surface area contributed by atoms with Crippen LogP contribution in [-0.4, -0.2) is 58.6 Å². The number of pyridine rings is 1. The molecule has 6 heteroatoms. The van der Waals surface area contributed by atoms with E-state index in [-0.39, 0.29) is 12.1 Å². The largest absolute Gasteiger partial charge is 0.450 e. The number of ether oxygens (including phenoxy) is 1. The standard InChI is InChI=1S/C22H26N4O2/c1-3-28-22(27)26-14-12-25(13-15-26)21(17-8-10-23-11-9-17)20-16(2)24-19-7-5-4-6-18(19)20/h4-11,21,24H,3,12-15H2,1-2H3/t21-/m0/s1. The first-order valence-corrected chi connectivity index (χ1v) is 9.82. The van der Waals surface area contributed by atoms with Crippen LogP contribution in [0.3, 0.4) is 0 Å². The predicted octanol–water partition coefficient (Wildman–Crippen LogP) is 3.73. The van der Waals surface area contributed by atoms with Gasteiger partial charge in [-0.1, -0.05) is 18.2 Å². The summed E-state index contributed by atoms with van der Waals surface area (Å²) in [6.07, 6.45) is 3.48. The van der Waals surface area contributed by atoms with Gasteiger partial charge in [0.15, 0.2) is 0 Å². The Morgan fingerprint density at radius 1 is 1.14 bits per heavy atom. The molecule has 3 heterocycles. The van der Waals surface area contributed by atoms with Crippen LogP contribution < -0.4 is 0 Å². The summed E-state index contributed by atoms with van der Waals surface area (Å²) in [5.74, 6) is 0. The zero-order valence-corrected chi connectivity index (χ0v) is 16.4. The highest BCUT2D eigenvalue weighted by molar-refractivity contribution is 5.85. The molecule has 0 saturated carbocycles. The van der Waals surface area contributed by atoms with Crippen molar-refractivity contribution in [3.8, 4) is 0 Å². The monoisotopic (exact) mass is 378 g/mol. The summed E-state index contributed by atoms with van der Waals surface area (Å²) in [6.45, 7) is 7.32. The molecule has 1 saturated heterocycles. The van der Waals surface area contributed by atoms with E-state index in [0.29, 0.717) is 19.7 Å². The number of aromatic nitrogens is 2. The molecular formula is C22H26N4O2. The molecule has 4 rings (SSSR count). The minimum atomic E-state index is -0.217. The zero-order chi connectivity index (χ0) is 19.5. The van der Waals surface area contributed by atoms with E-state index in [4.69, 9.17) is 4.74 Å². The van der Waals surface area contributed by atoms with Crippen LogP contribution in [0.15, 0.2) is 48.8 Å². The molecule has 3 aromatic rings. The first-order chi connectivity index (χ1) is 13.7. The van der Waals surface area contributed by atoms with Gasteiger partial charge in [0.2, 0.25) is 0 Å². The zero-order valence-electron chi connectivity index (χ0n) is 16.4. The smallest absolute Gasteiger partial charge is 0.409 e. The summed E-state index contributed by atoms with van der Waals surface area (Å²) in [4.78, 5) is 24.1. The Balaban J connectivity index is 1.68. The average molecular weight is 378 g/mol. The van der Waals surface area contributed by atoms with Gasteiger partial charge in [0.25, 0.3) is 0 Å². The van der Waals surface area contributed by atoms with E-state index in [2.05, 4.69) is 58.2 Å². The summed E-state index contributed by atoms with van der Waals surface area (Å²) in [7, 11) is 0. The summed E-state index contributed by atoms with van der Waals surface area (Å²) in [6, 6.07) is 12.7. The van der Waals surface area contributed by atoms with Crippen molar-refractivity contribution in [1.82, 2.24) is 19.8 Å². The van der Waals surface area contributed by atoms with Crippen molar-refractivity contribution in [3.63, 3.8) is 0 Å². The number of rotatable bonds is 4. The van der Waals surface area contributed by atoms with Crippen molar-refractivity contribution < 1.29 is 9.53 Å². The van der Waals surface area contributed by atoms with Crippen LogP contribution >= 0.6 is 0 Å². The molecule has 0 aliphatic carbocycles. The number of piperazine rings is 1. The molecule has 1 aliphatic heterocycles. The van der Waals surface area contributed by atoms with E-state index in [9.17, 15) is 4.79 Å². The third kappa shape index (κ3) is 3.47. The molecule has 0 unspecified atom stereocenters. The summed E-state index contributed by atoms with van der Waals surface area (Å²) in [5.41, 5.74) is 4.84. The van der Waals surface area contributed by atoms with Gasteiger partial charge in [0, 0.05) is 60.7 Å². The lowest BCUT2D eigenvalue weighted by Crippen LogP contribution is -2.50. The van der Waals surface area contributed by atoms with Crippen molar-refractivity contribution in [2.75, 3.05) is 32.8 Å². The van der Waals surface area contributed by atoms with Gasteiger partial charge >= 0.3 is 6.09 Å². The number of fused-ring (bicyclic) bond motifs is 1. The molecule has 1 N–H and O–H groups in total. The van der Waals surface area contributed by atoms with Crippen LogP contribution in [0.2, 0.25) is 0 Å². The highest BCUT2D eigenvalue weighted by Gasteiger charge is 2.31. The number of amides is 1. The first-order valence-electron chi connectivity index (χ1n) is 9.82. The topological polar surface area (TPSA) is 61.5 Å². The van der Waals surface area contributed by atoms with Crippen LogP contribution in [0.1, 0.15) is 29.8 Å². The Morgan fingerprint density at radius 3 is 2.57 bits per heavy atom. The van der Waals surface area contributed by atoms with Gasteiger partial charge in [-0.2, -0.15) is 0 Å². The molecule has 1 fully saturated rings. The van der Waals surface area contributed by atoms with Gasteiger partial charge < -0.3 is 14.6 Å². The molecule has 1 atom stereocenters. The molecule has 0 spiro atoms. The molecule has 0 bridgehead atoms. The fourth-order valence-corrected chi connectivity index (χ4v) is 4.13. The lowest BCUT2D eigenvalue weighted by atomic mass is 9.94. The molecule has 1 aliphatic rings. The Labute approximate surface area is 165 Å². The summed E-state index contributed by atoms with van der Waals surface area (Å²) in [5, 5.41) is 1.25. The third-order valence-electron chi connectivity index (χ3n) is 5.44. The second kappa shape index (κ2) is 8.02. The fourth-order valence-electron chi connectivity index (χ4n) is 4.13. The number of H-pyrrole nitrogens is 1. The number of nitrogens with zero attached hydrogens (tertiary/aromatic N) is 3. The van der Waals surface area contributed by atoms with E-state index in [0.717, 1.165) is 18.6 Å². The van der Waals surface area contributed by atoms with E-state index in [1.807, 2.05) is 19.3 Å². The summed E-state index contributed by atoms with van der Waals surface area (Å²) >= 11 is 0. The van der Waals surface area contributed by atoms with Crippen molar-refractivity contribution in [2.45, 2.75) is 19.9 Å². The lowest BCUT2D eigenvalue weighted by Gasteiger charge is -2.39. The maximum absolute atomic E-state index is 12.1. The van der Waals surface area contributed by atoms with Crippen LogP contribution in [0, 0.1) is 6.92 Å². The minimum absolute atomic E-state index is 0.114. The third-order valence-corrected chi connectivity index (χ3v) is 5.44. The maximum atomic E-state index is 12.1. The van der Waals surface area contributed by atoms with Crippen molar-refractivity contribution >= 4 is 17.0 Å². The first kappa shape index (κ1) is 18.5. The Bertz CT molecular complexity index is 946. The van der Waals surface area contributed by atoms with Crippen molar-refractivity contribution in [3.05, 3.63) is 65.6 Å². The van der Waals surface area contributed by atoms with Crippen LogP contribution in [-0.2, 0) is 4.74 Å². The number of carbonyl (C=O) groups excluding carboxylic acids is 1. The Kier molecular flexibility index (Phi) is 5.30. The number of aryl methyl sites for hydroxylation is 1. The molecule has 6 nitrogen and oxygen atoms in total. The van der Waals surface area contributed by atoms with Crippen molar-refractivity contribution in [1.29, 1.82) is 0 Å². The molecule has 1 aromatic carbocycles. The highest BCUT2D eigenvalue weighted by Crippen LogP contribution is 2.36. The number of aromatic amines is 1. The second-order valence-electron chi connectivity index (χ2n) is 7.11. The number of para-hydroxylation sites is 1. The molecule has 28 heavy (non-hydrogen) atoms. The van der Waals surface area contributed by atoms with E-state index in [1.165, 1.54) is 22.2 Å². The van der Waals surface area contributed by atoms with Crippen LogP contribution in [0.4, 0.5) is 4.79 Å². The van der Waals surface area contributed by atoms with E-state index >= 15 is 0 Å². The molecular weight excluding hydrogens is 352 g/mol. The van der Waals surface area contributed by atoms with Gasteiger partial charge in [-0.3, -0.25) is 9.88 Å². The Hall–Kier alpha value is -2.86. The van der Waals surface area contributed by atoms with Gasteiger partial charge in [-0.25, -0.2) is 4.79 Å². The second-order valence-corrected chi connectivity index (χ2v) is 7.11. The molecule has 2 aromatic heterocycles. The highest BCUT2D eigenvalue weighted by atomic mass is 16.6. The van der Waals surface area contributed by atoms with Gasteiger partial charge in [-0.15, -0.1) is 0 Å². The average Bonchev–Trinajstić information content (AvgIpc) is 3.06. The molecule has 1 amide bonds. The van der Waals surface area contributed by atoms with E-state index < -0.39 is 0 Å².